The third-order valence-corrected chi connectivity index (χ3v) is 3.90. The van der Waals surface area contributed by atoms with Crippen LogP contribution in [-0.2, 0) is 11.3 Å². The number of amidine groups is 1. The van der Waals surface area contributed by atoms with Gasteiger partial charge in [0, 0.05) is 0 Å². The number of para-hydroxylation sites is 2. The van der Waals surface area contributed by atoms with Gasteiger partial charge in [-0.25, -0.2) is 9.78 Å². The molecule has 0 aliphatic rings. The number of nitrogens with two attached hydrogens (primary N) is 1. The molecule has 1 aromatic heterocycles. The maximum absolute atomic E-state index is 12.2. The first kappa shape index (κ1) is 15.8. The lowest BCUT2D eigenvalue weighted by atomic mass is 10.1. The minimum absolute atomic E-state index is 0.102. The Morgan fingerprint density at radius 2 is 1.81 bits per heavy atom. The Balaban J connectivity index is 1.46. The maximum atomic E-state index is 12.2. The van der Waals surface area contributed by atoms with E-state index < -0.39 is 5.97 Å². The van der Waals surface area contributed by atoms with Crippen LogP contribution in [0, 0.1) is 0 Å². The first-order valence-corrected chi connectivity index (χ1v) is 8.06. The van der Waals surface area contributed by atoms with Crippen LogP contribution >= 0.6 is 0 Å². The third kappa shape index (κ3) is 3.25. The summed E-state index contributed by atoms with van der Waals surface area (Å²) in [7, 11) is 0. The number of oxazole rings is 1. The molecule has 0 radical (unpaired) electrons. The summed E-state index contributed by atoms with van der Waals surface area (Å²) in [5, 5.41) is 5.68. The van der Waals surface area contributed by atoms with E-state index in [4.69, 9.17) is 15.0 Å². The van der Waals surface area contributed by atoms with Crippen molar-refractivity contribution in [1.82, 2.24) is 4.98 Å². The summed E-state index contributed by atoms with van der Waals surface area (Å²) in [6.45, 7) is 0. The topological polar surface area (TPSA) is 90.7 Å². The van der Waals surface area contributed by atoms with Gasteiger partial charge in [-0.1, -0.05) is 47.6 Å². The second-order valence-electron chi connectivity index (χ2n) is 5.78. The van der Waals surface area contributed by atoms with E-state index in [0.717, 1.165) is 16.3 Å². The number of hydrogen-bond donors (Lipinski definition) is 1. The molecule has 6 nitrogen and oxygen atoms in total. The zero-order chi connectivity index (χ0) is 17.9. The second-order valence-corrected chi connectivity index (χ2v) is 5.78. The van der Waals surface area contributed by atoms with Gasteiger partial charge in [-0.3, -0.25) is 0 Å². The highest BCUT2D eigenvalue weighted by Crippen LogP contribution is 2.17. The smallest absolute Gasteiger partial charge is 0.365 e. The van der Waals surface area contributed by atoms with Gasteiger partial charge in [0.25, 0.3) is 0 Å². The summed E-state index contributed by atoms with van der Waals surface area (Å²) < 4.78 is 5.57. The maximum Gasteiger partial charge on any atom is 0.365 e. The molecule has 0 saturated heterocycles. The van der Waals surface area contributed by atoms with Crippen molar-refractivity contribution in [2.75, 3.05) is 0 Å². The first-order valence-electron chi connectivity index (χ1n) is 8.06. The zero-order valence-electron chi connectivity index (χ0n) is 13.8. The normalized spacial score (nSPS) is 11.8. The molecule has 4 aromatic rings. The number of rotatable bonds is 4. The molecule has 4 rings (SSSR count). The van der Waals surface area contributed by atoms with Gasteiger partial charge in [-0.2, -0.15) is 0 Å². The summed E-state index contributed by atoms with van der Waals surface area (Å²) in [4.78, 5) is 21.4. The average Bonchev–Trinajstić information content (AvgIpc) is 3.08. The quantitative estimate of drug-likeness (QED) is 0.264. The van der Waals surface area contributed by atoms with Gasteiger partial charge in [0.2, 0.25) is 5.89 Å². The molecular weight excluding hydrogens is 330 g/mol. The summed E-state index contributed by atoms with van der Waals surface area (Å²) >= 11 is 0. The number of carbonyl (C=O) groups excluding carboxylic acids is 1. The summed E-state index contributed by atoms with van der Waals surface area (Å²) in [6.07, 6.45) is 0.152. The fraction of sp³-hybridized carbons (Fsp3) is 0.0500. The highest BCUT2D eigenvalue weighted by molar-refractivity contribution is 5.95. The summed E-state index contributed by atoms with van der Waals surface area (Å²) in [5.74, 6) is -0.0591. The lowest BCUT2D eigenvalue weighted by Crippen LogP contribution is -2.17. The van der Waals surface area contributed by atoms with Crippen molar-refractivity contribution in [2.24, 2.45) is 10.9 Å². The molecule has 3 aromatic carbocycles. The average molecular weight is 345 g/mol. The SMILES string of the molecule is NC(Cc1nc2ccccc2o1)=NOC(=O)c1ccc2ccccc2c1. The molecule has 0 aliphatic heterocycles. The van der Waals surface area contributed by atoms with Crippen LogP contribution in [0.15, 0.2) is 76.3 Å². The Labute approximate surface area is 148 Å². The first-order chi connectivity index (χ1) is 12.7. The summed E-state index contributed by atoms with van der Waals surface area (Å²) in [5.41, 5.74) is 7.63. The predicted molar refractivity (Wildman–Crippen MR) is 98.7 cm³/mol. The Morgan fingerprint density at radius 3 is 2.65 bits per heavy atom. The number of nitrogens with zero attached hydrogens (tertiary/aromatic N) is 2. The monoisotopic (exact) mass is 345 g/mol. The van der Waals surface area contributed by atoms with Crippen molar-refractivity contribution < 1.29 is 14.0 Å². The molecule has 0 aliphatic carbocycles. The van der Waals surface area contributed by atoms with E-state index in [9.17, 15) is 4.79 Å². The number of benzene rings is 3. The molecule has 0 unspecified atom stereocenters. The fourth-order valence-electron chi connectivity index (χ4n) is 2.65. The molecule has 0 atom stereocenters. The lowest BCUT2D eigenvalue weighted by Gasteiger charge is -2.02. The van der Waals surface area contributed by atoms with Crippen molar-refractivity contribution in [1.29, 1.82) is 0 Å². The van der Waals surface area contributed by atoms with Gasteiger partial charge in [-0.15, -0.1) is 0 Å². The molecule has 0 bridgehead atoms. The Kier molecular flexibility index (Phi) is 4.07. The van der Waals surface area contributed by atoms with Gasteiger partial charge in [0.1, 0.15) is 11.4 Å². The van der Waals surface area contributed by atoms with Crippen molar-refractivity contribution in [3.8, 4) is 0 Å². The molecule has 1 heterocycles. The van der Waals surface area contributed by atoms with E-state index in [1.807, 2.05) is 54.6 Å². The van der Waals surface area contributed by atoms with Crippen LogP contribution in [0.3, 0.4) is 0 Å². The van der Waals surface area contributed by atoms with Gasteiger partial charge < -0.3 is 15.0 Å². The van der Waals surface area contributed by atoms with Crippen molar-refractivity contribution in [3.63, 3.8) is 0 Å². The van der Waals surface area contributed by atoms with Crippen LogP contribution in [0.4, 0.5) is 0 Å². The molecule has 26 heavy (non-hydrogen) atoms. The van der Waals surface area contributed by atoms with Crippen LogP contribution in [0.5, 0.6) is 0 Å². The highest BCUT2D eigenvalue weighted by atomic mass is 16.7. The van der Waals surface area contributed by atoms with Crippen LogP contribution in [0.1, 0.15) is 16.2 Å². The molecule has 0 fully saturated rings. The molecule has 0 saturated carbocycles. The summed E-state index contributed by atoms with van der Waals surface area (Å²) in [6, 6.07) is 20.5. The minimum Gasteiger partial charge on any atom is -0.440 e. The molecule has 128 valence electrons. The van der Waals surface area contributed by atoms with Crippen LogP contribution in [0.2, 0.25) is 0 Å². The van der Waals surface area contributed by atoms with E-state index >= 15 is 0 Å². The van der Waals surface area contributed by atoms with Crippen LogP contribution in [-0.4, -0.2) is 16.8 Å². The largest absolute Gasteiger partial charge is 0.440 e. The van der Waals surface area contributed by atoms with Crippen LogP contribution in [0.25, 0.3) is 21.9 Å². The number of oxime groups is 1. The number of aromatic nitrogens is 1. The third-order valence-electron chi connectivity index (χ3n) is 3.90. The van der Waals surface area contributed by atoms with E-state index in [1.54, 1.807) is 12.1 Å². The standard InChI is InChI=1S/C20H15N3O3/c21-18(12-19-22-16-7-3-4-8-17(16)25-19)23-26-20(24)15-10-9-13-5-1-2-6-14(13)11-15/h1-11H,12H2,(H2,21,23). The van der Waals surface area contributed by atoms with Crippen LogP contribution < -0.4 is 5.73 Å². The van der Waals surface area contributed by atoms with E-state index in [2.05, 4.69) is 10.1 Å². The fourth-order valence-corrected chi connectivity index (χ4v) is 2.65. The Bertz CT molecular complexity index is 1100. The van der Waals surface area contributed by atoms with Crippen molar-refractivity contribution in [3.05, 3.63) is 78.2 Å². The lowest BCUT2D eigenvalue weighted by molar-refractivity contribution is 0.0515. The Hall–Kier alpha value is -3.67. The molecular formula is C20H15N3O3. The highest BCUT2D eigenvalue weighted by Gasteiger charge is 2.10. The molecule has 0 spiro atoms. The predicted octanol–water partition coefficient (Wildman–Crippen LogP) is 3.65. The van der Waals surface area contributed by atoms with E-state index in [0.29, 0.717) is 17.0 Å². The van der Waals surface area contributed by atoms with E-state index in [1.165, 1.54) is 0 Å². The van der Waals surface area contributed by atoms with Gasteiger partial charge >= 0.3 is 5.97 Å². The number of fused-ring (bicyclic) bond motifs is 2. The second kappa shape index (κ2) is 6.68. The van der Waals surface area contributed by atoms with Crippen molar-refractivity contribution in [2.45, 2.75) is 6.42 Å². The minimum atomic E-state index is -0.573. The number of carbonyl (C=O) groups is 1. The van der Waals surface area contributed by atoms with Crippen molar-refractivity contribution >= 4 is 33.7 Å². The van der Waals surface area contributed by atoms with Gasteiger partial charge in [0.05, 0.1) is 12.0 Å². The molecule has 6 heteroatoms. The van der Waals surface area contributed by atoms with Gasteiger partial charge in [0.15, 0.2) is 5.58 Å². The molecule has 0 amide bonds. The zero-order valence-corrected chi connectivity index (χ0v) is 13.8. The van der Waals surface area contributed by atoms with Gasteiger partial charge in [-0.05, 0) is 35.0 Å². The number of hydrogen-bond acceptors (Lipinski definition) is 5. The van der Waals surface area contributed by atoms with E-state index in [-0.39, 0.29) is 12.3 Å². The molecule has 2 N–H and O–H groups in total. The Morgan fingerprint density at radius 1 is 1.04 bits per heavy atom.